The van der Waals surface area contributed by atoms with Gasteiger partial charge in [0.15, 0.2) is 5.76 Å². The highest BCUT2D eigenvalue weighted by Gasteiger charge is 2.29. The molecule has 0 bridgehead atoms. The lowest BCUT2D eigenvalue weighted by Gasteiger charge is -2.21. The van der Waals surface area contributed by atoms with Crippen LogP contribution in [0.2, 0.25) is 0 Å². The molecule has 0 radical (unpaired) electrons. The first-order valence-corrected chi connectivity index (χ1v) is 8.72. The summed E-state index contributed by atoms with van der Waals surface area (Å²) in [7, 11) is -2.35. The molecule has 0 unspecified atom stereocenters. The van der Waals surface area contributed by atoms with Crippen LogP contribution in [0.1, 0.15) is 29.8 Å². The first kappa shape index (κ1) is 18.1. The number of sulfonamides is 1. The van der Waals surface area contributed by atoms with Crippen LogP contribution < -0.4 is 4.72 Å². The maximum atomic E-state index is 12.4. The SMILES string of the molecule is Cc1cc(CN(C)C(=O)[C@H](C)NS(=O)(=O)c2c(C)noc2C)no1. The summed E-state index contributed by atoms with van der Waals surface area (Å²) in [5.41, 5.74) is 0.829. The molecular weight excluding hydrogens is 336 g/mol. The van der Waals surface area contributed by atoms with Crippen LogP contribution in [0.5, 0.6) is 0 Å². The van der Waals surface area contributed by atoms with Crippen molar-refractivity contribution in [3.63, 3.8) is 0 Å². The van der Waals surface area contributed by atoms with Crippen molar-refractivity contribution in [3.8, 4) is 0 Å². The number of amides is 1. The highest BCUT2D eigenvalue weighted by molar-refractivity contribution is 7.89. The van der Waals surface area contributed by atoms with Gasteiger partial charge in [0.1, 0.15) is 22.0 Å². The topological polar surface area (TPSA) is 119 Å². The van der Waals surface area contributed by atoms with E-state index in [-0.39, 0.29) is 22.9 Å². The number of aryl methyl sites for hydroxylation is 3. The van der Waals surface area contributed by atoms with Gasteiger partial charge in [-0.25, -0.2) is 8.42 Å². The van der Waals surface area contributed by atoms with E-state index in [9.17, 15) is 13.2 Å². The summed E-state index contributed by atoms with van der Waals surface area (Å²) < 4.78 is 37.0. The number of hydrogen-bond acceptors (Lipinski definition) is 7. The largest absolute Gasteiger partial charge is 0.361 e. The minimum Gasteiger partial charge on any atom is -0.361 e. The van der Waals surface area contributed by atoms with E-state index in [1.54, 1.807) is 20.0 Å². The molecule has 0 aliphatic carbocycles. The van der Waals surface area contributed by atoms with E-state index in [4.69, 9.17) is 9.05 Å². The van der Waals surface area contributed by atoms with Gasteiger partial charge >= 0.3 is 0 Å². The Morgan fingerprint density at radius 2 is 1.96 bits per heavy atom. The van der Waals surface area contributed by atoms with Crippen molar-refractivity contribution in [2.24, 2.45) is 0 Å². The summed E-state index contributed by atoms with van der Waals surface area (Å²) in [5, 5.41) is 7.43. The molecule has 0 aliphatic rings. The molecule has 2 aromatic heterocycles. The highest BCUT2D eigenvalue weighted by Crippen LogP contribution is 2.19. The smallest absolute Gasteiger partial charge is 0.246 e. The van der Waals surface area contributed by atoms with E-state index < -0.39 is 22.0 Å². The molecule has 1 N–H and O–H groups in total. The Labute approximate surface area is 140 Å². The van der Waals surface area contributed by atoms with Gasteiger partial charge in [0.05, 0.1) is 12.6 Å². The molecule has 2 rings (SSSR count). The van der Waals surface area contributed by atoms with Gasteiger partial charge in [-0.2, -0.15) is 4.72 Å². The van der Waals surface area contributed by atoms with Gasteiger partial charge in [0, 0.05) is 13.1 Å². The second kappa shape index (κ2) is 6.73. The Morgan fingerprint density at radius 1 is 1.29 bits per heavy atom. The summed E-state index contributed by atoms with van der Waals surface area (Å²) in [5.74, 6) is 0.412. The highest BCUT2D eigenvalue weighted by atomic mass is 32.2. The number of rotatable bonds is 6. The normalized spacial score (nSPS) is 13.0. The Bertz CT molecular complexity index is 820. The number of carbonyl (C=O) groups excluding carboxylic acids is 1. The maximum absolute atomic E-state index is 12.4. The number of aromatic nitrogens is 2. The van der Waals surface area contributed by atoms with Crippen LogP contribution in [-0.4, -0.2) is 42.6 Å². The first-order valence-electron chi connectivity index (χ1n) is 7.24. The van der Waals surface area contributed by atoms with Crippen molar-refractivity contribution in [3.05, 3.63) is 29.0 Å². The molecule has 2 aromatic rings. The Morgan fingerprint density at radius 3 is 2.46 bits per heavy atom. The molecule has 0 fully saturated rings. The van der Waals surface area contributed by atoms with Gasteiger partial charge in [0.25, 0.3) is 0 Å². The lowest BCUT2D eigenvalue weighted by atomic mass is 10.3. The van der Waals surface area contributed by atoms with E-state index in [1.165, 1.54) is 25.7 Å². The Kier molecular flexibility index (Phi) is 5.09. The Balaban J connectivity index is 2.08. The van der Waals surface area contributed by atoms with Crippen molar-refractivity contribution in [1.82, 2.24) is 19.9 Å². The lowest BCUT2D eigenvalue weighted by molar-refractivity contribution is -0.131. The summed E-state index contributed by atoms with van der Waals surface area (Å²) in [4.78, 5) is 13.7. The molecule has 0 spiro atoms. The second-order valence-corrected chi connectivity index (χ2v) is 7.27. The van der Waals surface area contributed by atoms with E-state index in [0.717, 1.165) is 0 Å². The summed E-state index contributed by atoms with van der Waals surface area (Å²) >= 11 is 0. The van der Waals surface area contributed by atoms with Gasteiger partial charge in [0.2, 0.25) is 15.9 Å². The summed E-state index contributed by atoms with van der Waals surface area (Å²) in [6, 6.07) is 0.754. The van der Waals surface area contributed by atoms with Crippen molar-refractivity contribution in [2.75, 3.05) is 7.05 Å². The van der Waals surface area contributed by atoms with Crippen LogP contribution in [-0.2, 0) is 21.4 Å². The molecule has 9 nitrogen and oxygen atoms in total. The summed E-state index contributed by atoms with van der Waals surface area (Å²) in [6.07, 6.45) is 0. The van der Waals surface area contributed by atoms with E-state index >= 15 is 0 Å². The van der Waals surface area contributed by atoms with Crippen LogP contribution >= 0.6 is 0 Å². The quantitative estimate of drug-likeness (QED) is 0.817. The van der Waals surface area contributed by atoms with Crippen LogP contribution in [0.4, 0.5) is 0 Å². The predicted molar refractivity (Wildman–Crippen MR) is 83.5 cm³/mol. The van der Waals surface area contributed by atoms with Crippen LogP contribution in [0.3, 0.4) is 0 Å². The van der Waals surface area contributed by atoms with Crippen molar-refractivity contribution < 1.29 is 22.3 Å². The van der Waals surface area contributed by atoms with Gasteiger partial charge < -0.3 is 13.9 Å². The van der Waals surface area contributed by atoms with Gasteiger partial charge in [-0.05, 0) is 27.7 Å². The molecule has 1 amide bonds. The van der Waals surface area contributed by atoms with Crippen molar-refractivity contribution in [1.29, 1.82) is 0 Å². The summed E-state index contributed by atoms with van der Waals surface area (Å²) in [6.45, 7) is 6.46. The molecule has 132 valence electrons. The molecular formula is C14H20N4O5S. The lowest BCUT2D eigenvalue weighted by Crippen LogP contribution is -2.45. The van der Waals surface area contributed by atoms with Gasteiger partial charge in [-0.1, -0.05) is 10.3 Å². The fraction of sp³-hybridized carbons (Fsp3) is 0.500. The average Bonchev–Trinajstić information content (AvgIpc) is 3.03. The van der Waals surface area contributed by atoms with Crippen LogP contribution in [0.15, 0.2) is 20.0 Å². The molecule has 24 heavy (non-hydrogen) atoms. The molecule has 0 saturated heterocycles. The van der Waals surface area contributed by atoms with Crippen LogP contribution in [0.25, 0.3) is 0 Å². The molecule has 2 heterocycles. The minimum absolute atomic E-state index is 0.0445. The van der Waals surface area contributed by atoms with E-state index in [1.807, 2.05) is 0 Å². The fourth-order valence-electron chi connectivity index (χ4n) is 2.34. The third-order valence-corrected chi connectivity index (χ3v) is 5.18. The van der Waals surface area contributed by atoms with Crippen LogP contribution in [0, 0.1) is 20.8 Å². The zero-order chi connectivity index (χ0) is 18.1. The zero-order valence-electron chi connectivity index (χ0n) is 14.2. The molecule has 0 aliphatic heterocycles. The maximum Gasteiger partial charge on any atom is 0.246 e. The van der Waals surface area contributed by atoms with E-state index in [2.05, 4.69) is 15.0 Å². The molecule has 0 aromatic carbocycles. The molecule has 10 heteroatoms. The van der Waals surface area contributed by atoms with Crippen molar-refractivity contribution >= 4 is 15.9 Å². The van der Waals surface area contributed by atoms with E-state index in [0.29, 0.717) is 11.5 Å². The van der Waals surface area contributed by atoms with Gasteiger partial charge in [-0.15, -0.1) is 0 Å². The zero-order valence-corrected chi connectivity index (χ0v) is 15.0. The number of likely N-dealkylation sites (N-methyl/N-ethyl adjacent to an activating group) is 1. The number of hydrogen-bond donors (Lipinski definition) is 1. The third-order valence-electron chi connectivity index (χ3n) is 3.39. The van der Waals surface area contributed by atoms with Crippen molar-refractivity contribution in [2.45, 2.75) is 45.2 Å². The van der Waals surface area contributed by atoms with Gasteiger partial charge in [-0.3, -0.25) is 4.79 Å². The molecule has 0 saturated carbocycles. The predicted octanol–water partition coefficient (Wildman–Crippen LogP) is 0.913. The average molecular weight is 356 g/mol. The third kappa shape index (κ3) is 3.82. The standard InChI is InChI=1S/C14H20N4O5S/c1-8-6-12(16-22-8)7-18(5)14(19)10(3)17-24(20,21)13-9(2)15-23-11(13)4/h6,10,17H,7H2,1-5H3/t10-/m0/s1. The number of nitrogens with one attached hydrogen (secondary N) is 1. The number of nitrogens with zero attached hydrogens (tertiary/aromatic N) is 3. The fourth-order valence-corrected chi connectivity index (χ4v) is 3.87. The Hall–Kier alpha value is -2.20. The minimum atomic E-state index is -3.91. The first-order chi connectivity index (χ1) is 11.1. The monoisotopic (exact) mass is 356 g/mol. The number of carbonyl (C=O) groups is 1. The second-order valence-electron chi connectivity index (χ2n) is 5.62. The molecule has 1 atom stereocenters.